The van der Waals surface area contributed by atoms with E-state index in [1.165, 1.54) is 7.11 Å². The molecule has 3 aliphatic rings. The summed E-state index contributed by atoms with van der Waals surface area (Å²) >= 11 is 0. The number of aryl methyl sites for hydroxylation is 3. The van der Waals surface area contributed by atoms with Gasteiger partial charge in [0.1, 0.15) is 17.5 Å². The Hall–Kier alpha value is -4.03. The normalized spacial score (nSPS) is 30.0. The molecule has 0 unspecified atom stereocenters. The van der Waals surface area contributed by atoms with E-state index in [9.17, 15) is 9.90 Å². The van der Waals surface area contributed by atoms with Gasteiger partial charge in [0.25, 0.3) is 0 Å². The highest BCUT2D eigenvalue weighted by Gasteiger charge is 2.87. The SMILES string of the molecule is COC(=O)[C@@H]1[C@@H](c2ccccc2)[C@]2(c3ccc(C)cc3)Oc3cc(C)cc(C)c3[C@@]23Nc2cccn2[C@@]13O. The van der Waals surface area contributed by atoms with Gasteiger partial charge < -0.3 is 24.5 Å². The van der Waals surface area contributed by atoms with E-state index >= 15 is 0 Å². The Bertz CT molecular complexity index is 1590. The van der Waals surface area contributed by atoms with Crippen molar-refractivity contribution < 1.29 is 19.4 Å². The van der Waals surface area contributed by atoms with Gasteiger partial charge >= 0.3 is 5.97 Å². The maximum Gasteiger partial charge on any atom is 0.314 e. The van der Waals surface area contributed by atoms with E-state index in [-0.39, 0.29) is 0 Å². The molecule has 6 heteroatoms. The van der Waals surface area contributed by atoms with Crippen LogP contribution in [0.2, 0.25) is 0 Å². The van der Waals surface area contributed by atoms with Crippen molar-refractivity contribution in [2.24, 2.45) is 5.92 Å². The van der Waals surface area contributed by atoms with E-state index in [2.05, 4.69) is 35.6 Å². The van der Waals surface area contributed by atoms with Gasteiger partial charge in [-0.3, -0.25) is 4.79 Å². The van der Waals surface area contributed by atoms with Crippen LogP contribution in [0.25, 0.3) is 0 Å². The lowest BCUT2D eigenvalue weighted by molar-refractivity contribution is -0.168. The molecule has 6 nitrogen and oxygen atoms in total. The number of nitrogens with one attached hydrogen (secondary N) is 1. The molecule has 1 aliphatic carbocycles. The number of carbonyl (C=O) groups is 1. The number of carbonyl (C=O) groups excluding carboxylic acids is 1. The zero-order valence-corrected chi connectivity index (χ0v) is 21.9. The molecule has 5 atom stereocenters. The van der Waals surface area contributed by atoms with E-state index in [0.29, 0.717) is 5.75 Å². The number of hydrogen-bond donors (Lipinski definition) is 2. The molecule has 0 radical (unpaired) electrons. The Morgan fingerprint density at radius 1 is 0.974 bits per heavy atom. The number of anilines is 1. The summed E-state index contributed by atoms with van der Waals surface area (Å²) in [5.41, 5.74) is 1.66. The van der Waals surface area contributed by atoms with Gasteiger partial charge in [0.15, 0.2) is 16.9 Å². The fraction of sp³-hybridized carbons (Fsp3) is 0.281. The van der Waals surface area contributed by atoms with Crippen molar-refractivity contribution in [1.29, 1.82) is 0 Å². The van der Waals surface area contributed by atoms with Crippen molar-refractivity contribution in [2.45, 2.75) is 43.6 Å². The van der Waals surface area contributed by atoms with Crippen LogP contribution in [0.15, 0.2) is 85.1 Å². The third kappa shape index (κ3) is 2.45. The molecule has 0 saturated heterocycles. The summed E-state index contributed by atoms with van der Waals surface area (Å²) in [4.78, 5) is 13.9. The molecular formula is C32H30N2O4. The van der Waals surface area contributed by atoms with Gasteiger partial charge in [0, 0.05) is 17.7 Å². The van der Waals surface area contributed by atoms with Crippen molar-refractivity contribution >= 4 is 11.8 Å². The number of fused-ring (bicyclic) bond motifs is 3. The lowest BCUT2D eigenvalue weighted by Crippen LogP contribution is -2.60. The number of esters is 1. The van der Waals surface area contributed by atoms with Crippen LogP contribution in [0.5, 0.6) is 5.75 Å². The number of aliphatic hydroxyl groups is 1. The topological polar surface area (TPSA) is 72.7 Å². The molecule has 3 heterocycles. The largest absolute Gasteiger partial charge is 0.478 e. The number of methoxy groups -OCH3 is 1. The lowest BCUT2D eigenvalue weighted by Gasteiger charge is -2.44. The second kappa shape index (κ2) is 7.51. The monoisotopic (exact) mass is 506 g/mol. The highest BCUT2D eigenvalue weighted by molar-refractivity contribution is 5.81. The summed E-state index contributed by atoms with van der Waals surface area (Å²) in [5, 5.41) is 17.0. The van der Waals surface area contributed by atoms with Crippen LogP contribution in [-0.2, 0) is 26.4 Å². The molecule has 1 saturated carbocycles. The van der Waals surface area contributed by atoms with Crippen LogP contribution in [0.1, 0.15) is 39.3 Å². The number of hydrogen-bond acceptors (Lipinski definition) is 5. The van der Waals surface area contributed by atoms with Gasteiger partial charge in [0.2, 0.25) is 0 Å². The zero-order valence-electron chi connectivity index (χ0n) is 21.9. The average Bonchev–Trinajstić information content (AvgIpc) is 3.59. The summed E-state index contributed by atoms with van der Waals surface area (Å²) in [7, 11) is 1.38. The van der Waals surface area contributed by atoms with E-state index in [0.717, 1.165) is 39.2 Å². The summed E-state index contributed by atoms with van der Waals surface area (Å²) in [6.07, 6.45) is 1.84. The molecule has 0 amide bonds. The first-order valence-corrected chi connectivity index (χ1v) is 13.0. The predicted molar refractivity (Wildman–Crippen MR) is 144 cm³/mol. The van der Waals surface area contributed by atoms with Crippen LogP contribution in [0.4, 0.5) is 5.82 Å². The van der Waals surface area contributed by atoms with Gasteiger partial charge in [-0.05, 0) is 61.2 Å². The fourth-order valence-electron chi connectivity index (χ4n) is 7.70. The Balaban J connectivity index is 1.69. The van der Waals surface area contributed by atoms with E-state index in [1.54, 1.807) is 4.57 Å². The summed E-state index contributed by atoms with van der Waals surface area (Å²) in [6.45, 7) is 6.14. The molecule has 1 aromatic heterocycles. The Morgan fingerprint density at radius 2 is 1.71 bits per heavy atom. The summed E-state index contributed by atoms with van der Waals surface area (Å²) in [6, 6.07) is 26.1. The minimum absolute atomic E-state index is 0.486. The first kappa shape index (κ1) is 23.1. The summed E-state index contributed by atoms with van der Waals surface area (Å²) < 4.78 is 14.5. The molecular weight excluding hydrogens is 476 g/mol. The number of aromatic nitrogens is 1. The van der Waals surface area contributed by atoms with Gasteiger partial charge in [-0.25, -0.2) is 0 Å². The van der Waals surface area contributed by atoms with Crippen molar-refractivity contribution in [3.8, 4) is 5.75 Å². The molecule has 4 aromatic rings. The van der Waals surface area contributed by atoms with Gasteiger partial charge in [0.05, 0.1) is 7.11 Å². The van der Waals surface area contributed by atoms with Crippen LogP contribution in [-0.4, -0.2) is 22.8 Å². The molecule has 7 rings (SSSR count). The predicted octanol–water partition coefficient (Wildman–Crippen LogP) is 5.25. The Morgan fingerprint density at radius 3 is 2.42 bits per heavy atom. The second-order valence-electron chi connectivity index (χ2n) is 10.9. The van der Waals surface area contributed by atoms with E-state index in [1.807, 2.05) is 75.5 Å². The zero-order chi connectivity index (χ0) is 26.4. The first-order chi connectivity index (χ1) is 18.3. The number of benzene rings is 3. The van der Waals surface area contributed by atoms with Gasteiger partial charge in [-0.2, -0.15) is 0 Å². The van der Waals surface area contributed by atoms with Crippen LogP contribution >= 0.6 is 0 Å². The molecule has 1 spiro atoms. The maximum absolute atomic E-state index is 13.9. The third-order valence-electron chi connectivity index (χ3n) is 8.93. The van der Waals surface area contributed by atoms with Crippen LogP contribution < -0.4 is 10.1 Å². The molecule has 0 bridgehead atoms. The van der Waals surface area contributed by atoms with Crippen LogP contribution in [0, 0.1) is 26.7 Å². The van der Waals surface area contributed by atoms with E-state index < -0.39 is 34.7 Å². The Labute approximate surface area is 221 Å². The van der Waals surface area contributed by atoms with E-state index in [4.69, 9.17) is 9.47 Å². The Kier molecular flexibility index (Phi) is 4.57. The first-order valence-electron chi connectivity index (χ1n) is 13.0. The number of ether oxygens (including phenoxy) is 2. The minimum atomic E-state index is -1.74. The van der Waals surface area contributed by atoms with Crippen molar-refractivity contribution in [1.82, 2.24) is 4.57 Å². The second-order valence-corrected chi connectivity index (χ2v) is 10.9. The van der Waals surface area contributed by atoms with Gasteiger partial charge in [-0.1, -0.05) is 66.2 Å². The maximum atomic E-state index is 13.9. The molecule has 3 aromatic carbocycles. The van der Waals surface area contributed by atoms with Gasteiger partial charge in [-0.15, -0.1) is 0 Å². The molecule has 1 fully saturated rings. The van der Waals surface area contributed by atoms with Crippen LogP contribution in [0.3, 0.4) is 0 Å². The van der Waals surface area contributed by atoms with Crippen molar-refractivity contribution in [3.05, 3.63) is 118 Å². The lowest BCUT2D eigenvalue weighted by atomic mass is 9.67. The molecule has 2 N–H and O–H groups in total. The number of rotatable bonds is 3. The van der Waals surface area contributed by atoms with Crippen molar-refractivity contribution in [2.75, 3.05) is 12.4 Å². The van der Waals surface area contributed by atoms with Crippen molar-refractivity contribution in [3.63, 3.8) is 0 Å². The highest BCUT2D eigenvalue weighted by atomic mass is 16.5. The smallest absolute Gasteiger partial charge is 0.314 e. The fourth-order valence-corrected chi connectivity index (χ4v) is 7.70. The average molecular weight is 507 g/mol. The number of nitrogens with zero attached hydrogens (tertiary/aromatic N) is 1. The quantitative estimate of drug-likeness (QED) is 0.371. The summed E-state index contributed by atoms with van der Waals surface area (Å²) in [5.74, 6) is -0.616. The molecule has 192 valence electrons. The highest BCUT2D eigenvalue weighted by Crippen LogP contribution is 2.76. The standard InChI is InChI=1S/C32H30N2O4/c1-19-12-14-23(15-13-19)30-27(22-9-6-5-7-10-22)28(29(35)37-4)32(36)31(30,33-25-11-8-16-34(25)32)26-21(3)17-20(2)18-24(26)38-30/h5-18,27-28,33,36H,1-4H3/t27-,28+,30+,31-,32-/m1/s1. The minimum Gasteiger partial charge on any atom is -0.478 e. The molecule has 38 heavy (non-hydrogen) atoms. The third-order valence-corrected chi connectivity index (χ3v) is 8.93. The molecule has 2 aliphatic heterocycles.